The predicted molar refractivity (Wildman–Crippen MR) is 41.1 cm³/mol. The van der Waals surface area contributed by atoms with Crippen LogP contribution < -0.4 is 0 Å². The molecule has 0 amide bonds. The van der Waals surface area contributed by atoms with Gasteiger partial charge in [0.15, 0.2) is 0 Å². The molecule has 0 radical (unpaired) electrons. The summed E-state index contributed by atoms with van der Waals surface area (Å²) < 4.78 is 4.51. The number of carbonyl (C=O) groups excluding carboxylic acids is 2. The van der Waals surface area contributed by atoms with Gasteiger partial charge in [-0.15, -0.1) is 0 Å². The number of cyclic esters (lactones) is 2. The molecule has 0 unspecified atom stereocenters. The Hall–Kier alpha value is -1.12. The van der Waals surface area contributed by atoms with Gasteiger partial charge in [0.1, 0.15) is 0 Å². The van der Waals surface area contributed by atoms with Crippen molar-refractivity contribution in [1.82, 2.24) is 0 Å². The van der Waals surface area contributed by atoms with E-state index in [0.29, 0.717) is 11.5 Å². The largest absolute Gasteiger partial charge is 0.389 e. The topological polar surface area (TPSA) is 43.4 Å². The van der Waals surface area contributed by atoms with Crippen LogP contribution in [0.25, 0.3) is 0 Å². The fraction of sp³-hybridized carbons (Fsp3) is 0.556. The van der Waals surface area contributed by atoms with Gasteiger partial charge < -0.3 is 4.74 Å². The van der Waals surface area contributed by atoms with Crippen molar-refractivity contribution in [3.8, 4) is 0 Å². The molecule has 2 atom stereocenters. The summed E-state index contributed by atoms with van der Waals surface area (Å²) in [4.78, 5) is 22.1. The zero-order valence-electron chi connectivity index (χ0n) is 6.87. The number of carbonyl (C=O) groups is 2. The summed E-state index contributed by atoms with van der Waals surface area (Å²) in [6, 6.07) is 0. The van der Waals surface area contributed by atoms with Crippen LogP contribution in [0, 0.1) is 11.8 Å². The van der Waals surface area contributed by atoms with Crippen LogP contribution in [0.15, 0.2) is 11.6 Å². The van der Waals surface area contributed by atoms with Crippen molar-refractivity contribution in [2.45, 2.75) is 19.8 Å². The molecule has 1 saturated heterocycles. The molecular weight excluding hydrogens is 156 g/mol. The monoisotopic (exact) mass is 166 g/mol. The van der Waals surface area contributed by atoms with Gasteiger partial charge in [-0.05, 0) is 18.8 Å². The summed E-state index contributed by atoms with van der Waals surface area (Å²) in [5, 5.41) is 0. The van der Waals surface area contributed by atoms with Gasteiger partial charge in [0.2, 0.25) is 0 Å². The fourth-order valence-electron chi connectivity index (χ4n) is 1.77. The van der Waals surface area contributed by atoms with Crippen molar-refractivity contribution in [2.75, 3.05) is 0 Å². The summed E-state index contributed by atoms with van der Waals surface area (Å²) >= 11 is 0. The lowest BCUT2D eigenvalue weighted by molar-refractivity contribution is -0.152. The van der Waals surface area contributed by atoms with Crippen LogP contribution in [-0.2, 0) is 14.3 Å². The van der Waals surface area contributed by atoms with Gasteiger partial charge in [0, 0.05) is 5.57 Å². The Kier molecular flexibility index (Phi) is 1.53. The zero-order valence-corrected chi connectivity index (χ0v) is 6.87. The Balaban J connectivity index is 2.33. The SMILES string of the molecule is C[C@H]1CC=C2C(=O)OC(=O)[C@@H]2C1. The van der Waals surface area contributed by atoms with E-state index in [0.717, 1.165) is 12.8 Å². The molecule has 0 spiro atoms. The maximum atomic E-state index is 11.1. The Labute approximate surface area is 70.4 Å². The van der Waals surface area contributed by atoms with E-state index in [-0.39, 0.29) is 11.9 Å². The third-order valence-electron chi connectivity index (χ3n) is 2.47. The highest BCUT2D eigenvalue weighted by molar-refractivity contribution is 6.07. The first-order valence-electron chi connectivity index (χ1n) is 4.14. The van der Waals surface area contributed by atoms with Crippen LogP contribution in [0.2, 0.25) is 0 Å². The molecule has 12 heavy (non-hydrogen) atoms. The maximum Gasteiger partial charge on any atom is 0.342 e. The van der Waals surface area contributed by atoms with E-state index in [1.807, 2.05) is 6.08 Å². The normalized spacial score (nSPS) is 34.2. The molecular formula is C9H10O3. The van der Waals surface area contributed by atoms with Gasteiger partial charge in [-0.1, -0.05) is 13.0 Å². The number of esters is 2. The molecule has 64 valence electrons. The molecule has 2 aliphatic rings. The van der Waals surface area contributed by atoms with E-state index in [4.69, 9.17) is 0 Å². The summed E-state index contributed by atoms with van der Waals surface area (Å²) in [6.07, 6.45) is 3.48. The minimum atomic E-state index is -0.433. The molecule has 0 N–H and O–H groups in total. The molecule has 0 aromatic carbocycles. The third kappa shape index (κ3) is 0.967. The summed E-state index contributed by atoms with van der Waals surface area (Å²) in [5.74, 6) is -0.576. The molecule has 0 aromatic rings. The van der Waals surface area contributed by atoms with E-state index in [1.165, 1.54) is 0 Å². The fourth-order valence-corrected chi connectivity index (χ4v) is 1.77. The van der Waals surface area contributed by atoms with Crippen molar-refractivity contribution in [3.63, 3.8) is 0 Å². The Morgan fingerprint density at radius 1 is 1.50 bits per heavy atom. The van der Waals surface area contributed by atoms with Crippen molar-refractivity contribution in [1.29, 1.82) is 0 Å². The van der Waals surface area contributed by atoms with Crippen LogP contribution in [0.5, 0.6) is 0 Å². The number of hydrogen-bond acceptors (Lipinski definition) is 3. The van der Waals surface area contributed by atoms with Crippen molar-refractivity contribution < 1.29 is 14.3 Å². The minimum absolute atomic E-state index is 0.263. The van der Waals surface area contributed by atoms with Crippen LogP contribution in [0.3, 0.4) is 0 Å². The maximum absolute atomic E-state index is 11.1. The van der Waals surface area contributed by atoms with E-state index in [2.05, 4.69) is 11.7 Å². The van der Waals surface area contributed by atoms with Gasteiger partial charge in [-0.25, -0.2) is 4.79 Å². The molecule has 3 heteroatoms. The van der Waals surface area contributed by atoms with Gasteiger partial charge in [0.05, 0.1) is 5.92 Å². The van der Waals surface area contributed by atoms with Gasteiger partial charge in [-0.3, -0.25) is 4.79 Å². The van der Waals surface area contributed by atoms with E-state index < -0.39 is 5.97 Å². The zero-order chi connectivity index (χ0) is 8.72. The Bertz CT molecular complexity index is 277. The number of rotatable bonds is 0. The molecule has 0 bridgehead atoms. The van der Waals surface area contributed by atoms with E-state index in [9.17, 15) is 9.59 Å². The number of ether oxygens (including phenoxy) is 1. The van der Waals surface area contributed by atoms with Gasteiger partial charge >= 0.3 is 11.9 Å². The molecule has 1 fully saturated rings. The van der Waals surface area contributed by atoms with Crippen molar-refractivity contribution in [2.24, 2.45) is 11.8 Å². The summed E-state index contributed by atoms with van der Waals surface area (Å²) in [6.45, 7) is 2.07. The highest BCUT2D eigenvalue weighted by atomic mass is 16.6. The molecule has 3 nitrogen and oxygen atoms in total. The molecule has 1 aliphatic heterocycles. The quantitative estimate of drug-likeness (QED) is 0.399. The molecule has 2 rings (SSSR count). The average Bonchev–Trinajstić information content (AvgIpc) is 2.28. The van der Waals surface area contributed by atoms with E-state index in [1.54, 1.807) is 0 Å². The average molecular weight is 166 g/mol. The predicted octanol–water partition coefficient (Wildman–Crippen LogP) is 1.04. The van der Waals surface area contributed by atoms with Gasteiger partial charge in [0.25, 0.3) is 0 Å². The second kappa shape index (κ2) is 2.44. The van der Waals surface area contributed by atoms with Crippen molar-refractivity contribution >= 4 is 11.9 Å². The van der Waals surface area contributed by atoms with E-state index >= 15 is 0 Å². The lowest BCUT2D eigenvalue weighted by Gasteiger charge is -2.17. The molecule has 0 saturated carbocycles. The number of fused-ring (bicyclic) bond motifs is 1. The minimum Gasteiger partial charge on any atom is -0.389 e. The first kappa shape index (κ1) is 7.53. The Morgan fingerprint density at radius 2 is 2.25 bits per heavy atom. The molecule has 1 heterocycles. The third-order valence-corrected chi connectivity index (χ3v) is 2.47. The molecule has 1 aliphatic carbocycles. The summed E-state index contributed by atoms with van der Waals surface area (Å²) in [7, 11) is 0. The lowest BCUT2D eigenvalue weighted by Crippen LogP contribution is -2.16. The molecule has 0 aromatic heterocycles. The van der Waals surface area contributed by atoms with Crippen LogP contribution in [0.1, 0.15) is 19.8 Å². The van der Waals surface area contributed by atoms with Crippen LogP contribution in [0.4, 0.5) is 0 Å². The van der Waals surface area contributed by atoms with Gasteiger partial charge in [-0.2, -0.15) is 0 Å². The number of hydrogen-bond donors (Lipinski definition) is 0. The van der Waals surface area contributed by atoms with Crippen LogP contribution in [-0.4, -0.2) is 11.9 Å². The first-order chi connectivity index (χ1) is 5.68. The smallest absolute Gasteiger partial charge is 0.342 e. The highest BCUT2D eigenvalue weighted by Crippen LogP contribution is 2.34. The standard InChI is InChI=1S/C9H10O3/c1-5-2-3-6-7(4-5)9(11)12-8(6)10/h3,5,7H,2,4H2,1H3/t5-,7+/m0/s1. The second-order valence-electron chi connectivity index (χ2n) is 3.50. The first-order valence-corrected chi connectivity index (χ1v) is 4.14. The highest BCUT2D eigenvalue weighted by Gasteiger charge is 2.41. The van der Waals surface area contributed by atoms with Crippen molar-refractivity contribution in [3.05, 3.63) is 11.6 Å². The van der Waals surface area contributed by atoms with Crippen LogP contribution >= 0.6 is 0 Å². The second-order valence-corrected chi connectivity index (χ2v) is 3.50. The Morgan fingerprint density at radius 3 is 3.00 bits per heavy atom. The number of allylic oxidation sites excluding steroid dienone is 1. The lowest BCUT2D eigenvalue weighted by atomic mass is 9.83. The summed E-state index contributed by atoms with van der Waals surface area (Å²) in [5.41, 5.74) is 0.582.